The second-order valence-electron chi connectivity index (χ2n) is 4.39. The summed E-state index contributed by atoms with van der Waals surface area (Å²) in [7, 11) is 0. The lowest BCUT2D eigenvalue weighted by Gasteiger charge is -2.14. The van der Waals surface area contributed by atoms with E-state index < -0.39 is 0 Å². The molecule has 0 unspecified atom stereocenters. The summed E-state index contributed by atoms with van der Waals surface area (Å²) >= 11 is 9.44. The van der Waals surface area contributed by atoms with E-state index in [1.165, 1.54) is 0 Å². The average Bonchev–Trinajstić information content (AvgIpc) is 2.30. The maximum absolute atomic E-state index is 11.7. The topological polar surface area (TPSA) is 67.2 Å². The molecule has 0 spiro atoms. The van der Waals surface area contributed by atoms with Gasteiger partial charge in [-0.1, -0.05) is 41.4 Å². The molecule has 1 aromatic rings. The van der Waals surface area contributed by atoms with Crippen LogP contribution in [-0.2, 0) is 0 Å². The number of hydrazine groups is 1. The summed E-state index contributed by atoms with van der Waals surface area (Å²) in [5.41, 5.74) is 3.16. The third-order valence-electron chi connectivity index (χ3n) is 2.45. The van der Waals surface area contributed by atoms with Crippen molar-refractivity contribution in [2.75, 3.05) is 11.9 Å². The predicted octanol–water partition coefficient (Wildman–Crippen LogP) is 3.16. The molecule has 0 bridgehead atoms. The van der Waals surface area contributed by atoms with E-state index in [0.717, 1.165) is 17.4 Å². The van der Waals surface area contributed by atoms with Crippen molar-refractivity contribution in [1.82, 2.24) is 5.43 Å². The van der Waals surface area contributed by atoms with Gasteiger partial charge < -0.3 is 5.32 Å². The Morgan fingerprint density at radius 3 is 2.72 bits per heavy atom. The van der Waals surface area contributed by atoms with Crippen molar-refractivity contribution >= 4 is 39.1 Å². The van der Waals surface area contributed by atoms with E-state index in [4.69, 9.17) is 17.4 Å². The first-order valence-corrected chi connectivity index (χ1v) is 6.86. The molecule has 100 valence electrons. The minimum Gasteiger partial charge on any atom is -0.383 e. The van der Waals surface area contributed by atoms with Crippen LogP contribution in [0.1, 0.15) is 30.6 Å². The SMILES string of the molecule is CC(C)CCNc1c(Cl)cc(Br)cc1C(=O)NN. The van der Waals surface area contributed by atoms with Gasteiger partial charge >= 0.3 is 0 Å². The van der Waals surface area contributed by atoms with Crippen LogP contribution in [0.25, 0.3) is 0 Å². The number of benzene rings is 1. The summed E-state index contributed by atoms with van der Waals surface area (Å²) in [4.78, 5) is 11.7. The highest BCUT2D eigenvalue weighted by atomic mass is 79.9. The van der Waals surface area contributed by atoms with Crippen LogP contribution in [0.5, 0.6) is 0 Å². The fourth-order valence-electron chi connectivity index (χ4n) is 1.50. The van der Waals surface area contributed by atoms with Gasteiger partial charge in [-0.05, 0) is 24.5 Å². The molecule has 0 aliphatic heterocycles. The minimum absolute atomic E-state index is 0.370. The number of carbonyl (C=O) groups is 1. The number of nitrogen functional groups attached to an aromatic ring is 1. The molecule has 1 rings (SSSR count). The van der Waals surface area contributed by atoms with E-state index >= 15 is 0 Å². The lowest BCUT2D eigenvalue weighted by molar-refractivity contribution is 0.0954. The molecule has 0 heterocycles. The standard InChI is InChI=1S/C12H17BrClN3O/c1-7(2)3-4-16-11-9(12(18)17-15)5-8(13)6-10(11)14/h5-7,16H,3-4,15H2,1-2H3,(H,17,18). The normalized spacial score (nSPS) is 10.6. The molecule has 0 radical (unpaired) electrons. The van der Waals surface area contributed by atoms with Crippen LogP contribution in [0.15, 0.2) is 16.6 Å². The van der Waals surface area contributed by atoms with Gasteiger partial charge in [-0.3, -0.25) is 10.2 Å². The number of nitrogens with one attached hydrogen (secondary N) is 2. The smallest absolute Gasteiger partial charge is 0.267 e. The molecule has 4 N–H and O–H groups in total. The summed E-state index contributed by atoms with van der Waals surface area (Å²) in [5.74, 6) is 5.38. The summed E-state index contributed by atoms with van der Waals surface area (Å²) in [6.45, 7) is 5.03. The van der Waals surface area contributed by atoms with E-state index in [1.807, 2.05) is 0 Å². The molecular weight excluding hydrogens is 318 g/mol. The first kappa shape index (κ1) is 15.3. The summed E-state index contributed by atoms with van der Waals surface area (Å²) in [6.07, 6.45) is 0.996. The van der Waals surface area contributed by atoms with Gasteiger partial charge in [-0.25, -0.2) is 5.84 Å². The zero-order valence-corrected chi connectivity index (χ0v) is 12.7. The van der Waals surface area contributed by atoms with Gasteiger partial charge in [0.25, 0.3) is 5.91 Å². The van der Waals surface area contributed by atoms with Crippen molar-refractivity contribution in [3.63, 3.8) is 0 Å². The fraction of sp³-hybridized carbons (Fsp3) is 0.417. The highest BCUT2D eigenvalue weighted by Crippen LogP contribution is 2.30. The summed E-state index contributed by atoms with van der Waals surface area (Å²) < 4.78 is 0.737. The van der Waals surface area contributed by atoms with E-state index in [9.17, 15) is 4.79 Å². The van der Waals surface area contributed by atoms with Gasteiger partial charge in [0.15, 0.2) is 0 Å². The molecule has 0 aromatic heterocycles. The van der Waals surface area contributed by atoms with Crippen molar-refractivity contribution in [2.45, 2.75) is 20.3 Å². The van der Waals surface area contributed by atoms with Crippen LogP contribution in [0.4, 0.5) is 5.69 Å². The quantitative estimate of drug-likeness (QED) is 0.440. The van der Waals surface area contributed by atoms with Gasteiger partial charge in [0.1, 0.15) is 0 Å². The maximum Gasteiger partial charge on any atom is 0.267 e. The molecular formula is C12H17BrClN3O. The second-order valence-corrected chi connectivity index (χ2v) is 5.72. The first-order chi connectivity index (χ1) is 8.45. The van der Waals surface area contributed by atoms with Crippen LogP contribution in [0.2, 0.25) is 5.02 Å². The first-order valence-electron chi connectivity index (χ1n) is 5.69. The molecule has 1 aromatic carbocycles. The molecule has 0 aliphatic carbocycles. The molecule has 0 saturated carbocycles. The number of halogens is 2. The molecule has 0 aliphatic rings. The van der Waals surface area contributed by atoms with Crippen molar-refractivity contribution in [3.8, 4) is 0 Å². The average molecular weight is 335 g/mol. The molecule has 0 saturated heterocycles. The van der Waals surface area contributed by atoms with Crippen LogP contribution in [0.3, 0.4) is 0 Å². The molecule has 6 heteroatoms. The molecule has 18 heavy (non-hydrogen) atoms. The number of carbonyl (C=O) groups excluding carboxylic acids is 1. The van der Waals surface area contributed by atoms with Crippen molar-refractivity contribution in [1.29, 1.82) is 0 Å². The van der Waals surface area contributed by atoms with Gasteiger partial charge in [0, 0.05) is 11.0 Å². The fourth-order valence-corrected chi connectivity index (χ4v) is 2.37. The van der Waals surface area contributed by atoms with E-state index in [0.29, 0.717) is 22.2 Å². The van der Waals surface area contributed by atoms with Gasteiger partial charge in [0.05, 0.1) is 16.3 Å². The third kappa shape index (κ3) is 4.15. The monoisotopic (exact) mass is 333 g/mol. The highest BCUT2D eigenvalue weighted by Gasteiger charge is 2.14. The highest BCUT2D eigenvalue weighted by molar-refractivity contribution is 9.10. The lowest BCUT2D eigenvalue weighted by atomic mass is 10.1. The summed E-state index contributed by atoms with van der Waals surface area (Å²) in [5, 5.41) is 3.68. The zero-order valence-electron chi connectivity index (χ0n) is 10.4. The number of hydrogen-bond acceptors (Lipinski definition) is 3. The predicted molar refractivity (Wildman–Crippen MR) is 78.8 cm³/mol. The Balaban J connectivity index is 2.96. The van der Waals surface area contributed by atoms with Gasteiger partial charge in [-0.15, -0.1) is 0 Å². The second kappa shape index (κ2) is 6.97. The van der Waals surface area contributed by atoms with Crippen LogP contribution in [0, 0.1) is 5.92 Å². The third-order valence-corrected chi connectivity index (χ3v) is 3.21. The van der Waals surface area contributed by atoms with E-state index in [1.54, 1.807) is 12.1 Å². The Hall–Kier alpha value is -0.780. The van der Waals surface area contributed by atoms with Crippen LogP contribution >= 0.6 is 27.5 Å². The van der Waals surface area contributed by atoms with E-state index in [2.05, 4.69) is 40.5 Å². The van der Waals surface area contributed by atoms with Crippen molar-refractivity contribution < 1.29 is 4.79 Å². The van der Waals surface area contributed by atoms with Crippen molar-refractivity contribution in [3.05, 3.63) is 27.2 Å². The van der Waals surface area contributed by atoms with Crippen LogP contribution < -0.4 is 16.6 Å². The van der Waals surface area contributed by atoms with Crippen molar-refractivity contribution in [2.24, 2.45) is 11.8 Å². The summed E-state index contributed by atoms with van der Waals surface area (Å²) in [6, 6.07) is 3.43. The number of nitrogens with two attached hydrogens (primary N) is 1. The zero-order chi connectivity index (χ0) is 13.7. The largest absolute Gasteiger partial charge is 0.383 e. The number of hydrogen-bond donors (Lipinski definition) is 3. The number of anilines is 1. The number of rotatable bonds is 5. The Labute approximate surface area is 120 Å². The maximum atomic E-state index is 11.7. The van der Waals surface area contributed by atoms with Gasteiger partial charge in [-0.2, -0.15) is 0 Å². The van der Waals surface area contributed by atoms with Gasteiger partial charge in [0.2, 0.25) is 0 Å². The van der Waals surface area contributed by atoms with E-state index in [-0.39, 0.29) is 5.91 Å². The molecule has 0 fully saturated rings. The minimum atomic E-state index is -0.370. The van der Waals surface area contributed by atoms with Crippen LogP contribution in [-0.4, -0.2) is 12.5 Å². The molecule has 1 amide bonds. The Kier molecular flexibility index (Phi) is 5.91. The molecule has 0 atom stereocenters. The lowest BCUT2D eigenvalue weighted by Crippen LogP contribution is -2.30. The Morgan fingerprint density at radius 2 is 2.17 bits per heavy atom. The molecule has 4 nitrogen and oxygen atoms in total. The Morgan fingerprint density at radius 1 is 1.50 bits per heavy atom. The number of amides is 1. The Bertz CT molecular complexity index is 438.